The van der Waals surface area contributed by atoms with Gasteiger partial charge in [-0.2, -0.15) is 0 Å². The summed E-state index contributed by atoms with van der Waals surface area (Å²) >= 11 is 0. The van der Waals surface area contributed by atoms with Crippen LogP contribution in [0.25, 0.3) is 0 Å². The number of rotatable bonds is 4. The Morgan fingerprint density at radius 1 is 1.09 bits per heavy atom. The third kappa shape index (κ3) is 2.74. The van der Waals surface area contributed by atoms with Crippen LogP contribution in [0.3, 0.4) is 0 Å². The highest BCUT2D eigenvalue weighted by Crippen LogP contribution is 2.78. The van der Waals surface area contributed by atoms with E-state index in [1.807, 2.05) is 0 Å². The SMILES string of the molecule is C=C(C)/C=C/C[C@@H](C)[C@H]1CC[C@@]2(C)[C@@H]3C=C[C@@]45O[C@@H](O)[C@]3(CC[C@]12C)[C@@H]4CC[C@H](O)C5(C)C. The van der Waals surface area contributed by atoms with Crippen molar-refractivity contribution < 1.29 is 14.9 Å². The normalized spacial score (nSPS) is 52.9. The van der Waals surface area contributed by atoms with E-state index in [0.29, 0.717) is 17.8 Å². The van der Waals surface area contributed by atoms with Crippen LogP contribution in [0.5, 0.6) is 0 Å². The third-order valence-electron chi connectivity index (χ3n) is 12.1. The van der Waals surface area contributed by atoms with Gasteiger partial charge in [0.1, 0.15) is 5.60 Å². The highest BCUT2D eigenvalue weighted by Gasteiger charge is 2.78. The second-order valence-corrected chi connectivity index (χ2v) is 13.5. The van der Waals surface area contributed by atoms with Crippen molar-refractivity contribution in [2.45, 2.75) is 104 Å². The molecular weight excluding hydrogens is 408 g/mol. The van der Waals surface area contributed by atoms with Crippen molar-refractivity contribution in [1.29, 1.82) is 0 Å². The predicted octanol–water partition coefficient (Wildman–Crippen LogP) is 6.42. The number of aliphatic hydroxyl groups is 2. The monoisotopic (exact) mass is 454 g/mol. The minimum absolute atomic E-state index is 0.153. The molecule has 0 unspecified atom stereocenters. The second-order valence-electron chi connectivity index (χ2n) is 13.5. The fourth-order valence-electron chi connectivity index (χ4n) is 9.90. The molecule has 3 saturated carbocycles. The van der Waals surface area contributed by atoms with Crippen molar-refractivity contribution in [3.8, 4) is 0 Å². The summed E-state index contributed by atoms with van der Waals surface area (Å²) in [7, 11) is 0. The van der Waals surface area contributed by atoms with Crippen molar-refractivity contribution in [2.75, 3.05) is 0 Å². The summed E-state index contributed by atoms with van der Waals surface area (Å²) in [6, 6.07) is 0. The number of hydrogen-bond acceptors (Lipinski definition) is 3. The van der Waals surface area contributed by atoms with Crippen molar-refractivity contribution in [3.63, 3.8) is 0 Å². The summed E-state index contributed by atoms with van der Waals surface area (Å²) in [6.45, 7) is 17.9. The summed E-state index contributed by atoms with van der Waals surface area (Å²) in [5, 5.41) is 22.5. The number of aliphatic hydroxyl groups excluding tert-OH is 2. The molecule has 0 aromatic heterocycles. The molecule has 0 radical (unpaired) electrons. The van der Waals surface area contributed by atoms with Gasteiger partial charge in [-0.25, -0.2) is 0 Å². The van der Waals surface area contributed by atoms with Gasteiger partial charge in [0, 0.05) is 16.7 Å². The summed E-state index contributed by atoms with van der Waals surface area (Å²) < 4.78 is 6.59. The van der Waals surface area contributed by atoms with Gasteiger partial charge in [-0.15, -0.1) is 0 Å². The Bertz CT molecular complexity index is 887. The summed E-state index contributed by atoms with van der Waals surface area (Å²) in [4.78, 5) is 0. The lowest BCUT2D eigenvalue weighted by Crippen LogP contribution is -2.65. The molecule has 1 aliphatic heterocycles. The average molecular weight is 455 g/mol. The van der Waals surface area contributed by atoms with Crippen LogP contribution in [0.4, 0.5) is 0 Å². The van der Waals surface area contributed by atoms with Crippen LogP contribution in [-0.4, -0.2) is 28.2 Å². The predicted molar refractivity (Wildman–Crippen MR) is 133 cm³/mol. The van der Waals surface area contributed by atoms with Crippen molar-refractivity contribution in [1.82, 2.24) is 0 Å². The van der Waals surface area contributed by atoms with Gasteiger partial charge in [0.05, 0.1) is 6.10 Å². The van der Waals surface area contributed by atoms with Crippen LogP contribution in [0, 0.1) is 45.3 Å². The zero-order valence-electron chi connectivity index (χ0n) is 21.7. The molecular formula is C30H46O3. The molecule has 10 atom stereocenters. The van der Waals surface area contributed by atoms with E-state index < -0.39 is 23.4 Å². The van der Waals surface area contributed by atoms with Crippen molar-refractivity contribution >= 4 is 0 Å². The molecule has 3 nitrogen and oxygen atoms in total. The topological polar surface area (TPSA) is 49.7 Å². The first-order valence-electron chi connectivity index (χ1n) is 13.4. The largest absolute Gasteiger partial charge is 0.392 e. The lowest BCUT2D eigenvalue weighted by molar-refractivity contribution is -0.213. The fraction of sp³-hybridized carbons (Fsp3) is 0.800. The molecule has 184 valence electrons. The maximum Gasteiger partial charge on any atom is 0.162 e. The molecule has 0 amide bonds. The van der Waals surface area contributed by atoms with E-state index in [-0.39, 0.29) is 22.2 Å². The Morgan fingerprint density at radius 2 is 1.82 bits per heavy atom. The smallest absolute Gasteiger partial charge is 0.162 e. The third-order valence-corrected chi connectivity index (χ3v) is 12.1. The quantitative estimate of drug-likeness (QED) is 0.381. The summed E-state index contributed by atoms with van der Waals surface area (Å²) in [5.74, 6) is 1.94. The molecule has 1 heterocycles. The Labute approximate surface area is 201 Å². The van der Waals surface area contributed by atoms with Crippen LogP contribution in [0.1, 0.15) is 86.5 Å². The Morgan fingerprint density at radius 3 is 2.52 bits per heavy atom. The van der Waals surface area contributed by atoms with Gasteiger partial charge in [-0.3, -0.25) is 0 Å². The summed E-state index contributed by atoms with van der Waals surface area (Å²) in [5.41, 5.74) is 0.360. The molecule has 1 saturated heterocycles. The van der Waals surface area contributed by atoms with Crippen molar-refractivity contribution in [2.24, 2.45) is 45.3 Å². The van der Waals surface area contributed by atoms with Gasteiger partial charge in [-0.05, 0) is 80.5 Å². The van der Waals surface area contributed by atoms with E-state index in [1.54, 1.807) is 0 Å². The second kappa shape index (κ2) is 7.31. The first-order valence-corrected chi connectivity index (χ1v) is 13.4. The molecule has 4 fully saturated rings. The number of hydrogen-bond donors (Lipinski definition) is 2. The molecule has 5 rings (SSSR count). The fourth-order valence-corrected chi connectivity index (χ4v) is 9.90. The van der Waals surface area contributed by atoms with E-state index in [0.717, 1.165) is 37.7 Å². The van der Waals surface area contributed by atoms with E-state index in [4.69, 9.17) is 4.74 Å². The highest BCUT2D eigenvalue weighted by atomic mass is 16.6. The minimum Gasteiger partial charge on any atom is -0.392 e. The molecule has 2 bridgehead atoms. The van der Waals surface area contributed by atoms with Crippen LogP contribution < -0.4 is 0 Å². The molecule has 3 heteroatoms. The van der Waals surface area contributed by atoms with E-state index in [9.17, 15) is 10.2 Å². The summed E-state index contributed by atoms with van der Waals surface area (Å²) in [6.07, 6.45) is 15.6. The van der Waals surface area contributed by atoms with E-state index in [1.165, 1.54) is 12.8 Å². The standard InChI is InChI=1S/C30H46O3/c1-19(2)9-8-10-20(3)21-13-15-28(7)22-14-16-30-23(11-12-24(31)26(30,4)5)29(22,25(32)33-30)18-17-27(21,28)6/h8-9,14,16,20-25,31-32H,1,10-13,15,17-18H2,2-7H3/b9-8+/t20-,21-,22+,23+,24+,25-,27-,28+,29+,30-/m1/s1. The Kier molecular flexibility index (Phi) is 5.27. The maximum absolute atomic E-state index is 11.6. The minimum atomic E-state index is -0.747. The molecule has 5 aliphatic rings. The van der Waals surface area contributed by atoms with Crippen LogP contribution in [0.2, 0.25) is 0 Å². The number of ether oxygens (including phenoxy) is 1. The highest BCUT2D eigenvalue weighted by molar-refractivity contribution is 5.34. The first-order chi connectivity index (χ1) is 15.4. The van der Waals surface area contributed by atoms with E-state index in [2.05, 4.69) is 72.4 Å². The van der Waals surface area contributed by atoms with Gasteiger partial charge in [0.15, 0.2) is 6.29 Å². The van der Waals surface area contributed by atoms with Crippen LogP contribution in [0.15, 0.2) is 36.5 Å². The lowest BCUT2D eigenvalue weighted by atomic mass is 9.38. The average Bonchev–Trinajstić information content (AvgIpc) is 3.09. The molecule has 33 heavy (non-hydrogen) atoms. The van der Waals surface area contributed by atoms with Gasteiger partial charge in [-0.1, -0.05) is 71.1 Å². The van der Waals surface area contributed by atoms with Crippen LogP contribution >= 0.6 is 0 Å². The number of allylic oxidation sites excluding steroid dienone is 4. The molecule has 4 aliphatic carbocycles. The van der Waals surface area contributed by atoms with Gasteiger partial charge >= 0.3 is 0 Å². The maximum atomic E-state index is 11.6. The zero-order valence-corrected chi connectivity index (χ0v) is 21.7. The van der Waals surface area contributed by atoms with Crippen molar-refractivity contribution in [3.05, 3.63) is 36.5 Å². The number of fused-ring (bicyclic) bond motifs is 2. The first kappa shape index (κ1) is 23.8. The Balaban J connectivity index is 1.52. The van der Waals surface area contributed by atoms with Crippen LogP contribution in [-0.2, 0) is 4.74 Å². The molecule has 0 aromatic carbocycles. The van der Waals surface area contributed by atoms with E-state index >= 15 is 0 Å². The molecule has 0 aromatic rings. The van der Waals surface area contributed by atoms with Gasteiger partial charge < -0.3 is 14.9 Å². The van der Waals surface area contributed by atoms with Gasteiger partial charge in [0.25, 0.3) is 0 Å². The molecule has 1 spiro atoms. The van der Waals surface area contributed by atoms with Gasteiger partial charge in [0.2, 0.25) is 0 Å². The molecule has 2 N–H and O–H groups in total. The zero-order chi connectivity index (χ0) is 24.0. The Hall–Kier alpha value is -0.900. The lowest BCUT2D eigenvalue weighted by Gasteiger charge is -2.65.